The Kier molecular flexibility index (Phi) is 5.19. The smallest absolute Gasteiger partial charge is 0.253 e. The molecule has 0 aliphatic rings. The lowest BCUT2D eigenvalue weighted by molar-refractivity contribution is -0.120. The minimum absolute atomic E-state index is 0.115. The molecule has 0 unspecified atom stereocenters. The van der Waals surface area contributed by atoms with Gasteiger partial charge in [-0.25, -0.2) is 4.98 Å². The van der Waals surface area contributed by atoms with Crippen LogP contribution in [-0.4, -0.2) is 23.3 Å². The third kappa shape index (κ3) is 4.47. The summed E-state index contributed by atoms with van der Waals surface area (Å²) in [5, 5.41) is 5.34. The van der Waals surface area contributed by atoms with Crippen molar-refractivity contribution in [1.29, 1.82) is 0 Å². The molecular weight excluding hydrogens is 317 g/mol. The van der Waals surface area contributed by atoms with Gasteiger partial charge in [0.15, 0.2) is 0 Å². The Bertz CT molecular complexity index is 644. The molecule has 0 aliphatic carbocycles. The summed E-state index contributed by atoms with van der Waals surface area (Å²) in [5.74, 6) is -0.176. The normalized spacial score (nSPS) is 10.2. The van der Waals surface area contributed by atoms with Crippen LogP contribution in [0.1, 0.15) is 16.1 Å². The van der Waals surface area contributed by atoms with Crippen LogP contribution in [0.2, 0.25) is 10.2 Å². The van der Waals surface area contributed by atoms with Crippen molar-refractivity contribution in [3.05, 3.63) is 52.2 Å². The summed E-state index contributed by atoms with van der Waals surface area (Å²) in [5.41, 5.74) is 0.225. The van der Waals surface area contributed by atoms with Gasteiger partial charge in [-0.1, -0.05) is 23.2 Å². The van der Waals surface area contributed by atoms with Gasteiger partial charge in [-0.2, -0.15) is 0 Å². The lowest BCUT2D eigenvalue weighted by Gasteiger charge is -2.06. The second-order valence-electron chi connectivity index (χ2n) is 4.04. The molecule has 0 aliphatic heterocycles. The first kappa shape index (κ1) is 15.3. The van der Waals surface area contributed by atoms with Gasteiger partial charge in [-0.3, -0.25) is 9.59 Å². The number of rotatable bonds is 5. The van der Waals surface area contributed by atoms with E-state index in [1.807, 2.05) is 0 Å². The highest BCUT2D eigenvalue weighted by Gasteiger charge is 2.10. The molecule has 0 aromatic carbocycles. The predicted molar refractivity (Wildman–Crippen MR) is 77.1 cm³/mol. The second kappa shape index (κ2) is 7.10. The molecule has 2 N–H and O–H groups in total. The molecule has 2 amide bonds. The molecule has 2 aromatic heterocycles. The predicted octanol–water partition coefficient (Wildman–Crippen LogP) is 2.03. The number of carbonyl (C=O) groups excluding carboxylic acids is 2. The van der Waals surface area contributed by atoms with Crippen molar-refractivity contribution in [1.82, 2.24) is 15.6 Å². The Morgan fingerprint density at radius 3 is 2.76 bits per heavy atom. The molecule has 0 bridgehead atoms. The molecule has 8 heteroatoms. The van der Waals surface area contributed by atoms with E-state index in [0.29, 0.717) is 5.76 Å². The van der Waals surface area contributed by atoms with Gasteiger partial charge in [0, 0.05) is 6.20 Å². The Hall–Kier alpha value is -2.05. The monoisotopic (exact) mass is 327 g/mol. The molecule has 0 spiro atoms. The van der Waals surface area contributed by atoms with Crippen LogP contribution in [0, 0.1) is 0 Å². The number of nitrogens with one attached hydrogen (secondary N) is 2. The summed E-state index contributed by atoms with van der Waals surface area (Å²) >= 11 is 11.4. The zero-order valence-corrected chi connectivity index (χ0v) is 12.2. The highest BCUT2D eigenvalue weighted by Crippen LogP contribution is 2.19. The lowest BCUT2D eigenvalue weighted by Crippen LogP contribution is -2.36. The zero-order chi connectivity index (χ0) is 15.2. The molecule has 110 valence electrons. The fraction of sp³-hybridized carbons (Fsp3) is 0.154. The molecule has 2 aromatic rings. The summed E-state index contributed by atoms with van der Waals surface area (Å²) in [6, 6.07) is 4.84. The van der Waals surface area contributed by atoms with Gasteiger partial charge in [-0.05, 0) is 18.2 Å². The van der Waals surface area contributed by atoms with Gasteiger partial charge in [0.1, 0.15) is 10.9 Å². The number of furan rings is 1. The average Bonchev–Trinajstić information content (AvgIpc) is 2.98. The van der Waals surface area contributed by atoms with Crippen molar-refractivity contribution < 1.29 is 14.0 Å². The average molecular weight is 328 g/mol. The fourth-order valence-corrected chi connectivity index (χ4v) is 1.74. The molecule has 0 atom stereocenters. The topological polar surface area (TPSA) is 84.2 Å². The van der Waals surface area contributed by atoms with Crippen molar-refractivity contribution in [3.63, 3.8) is 0 Å². The van der Waals surface area contributed by atoms with Crippen LogP contribution in [0.15, 0.2) is 35.1 Å². The van der Waals surface area contributed by atoms with Gasteiger partial charge in [0.25, 0.3) is 5.91 Å². The van der Waals surface area contributed by atoms with Crippen molar-refractivity contribution >= 4 is 35.0 Å². The maximum atomic E-state index is 11.8. The highest BCUT2D eigenvalue weighted by atomic mass is 35.5. The van der Waals surface area contributed by atoms with Crippen molar-refractivity contribution in [2.75, 3.05) is 6.54 Å². The van der Waals surface area contributed by atoms with Crippen LogP contribution in [-0.2, 0) is 11.3 Å². The first-order valence-corrected chi connectivity index (χ1v) is 6.70. The number of halogens is 2. The fourth-order valence-electron chi connectivity index (χ4n) is 1.47. The van der Waals surface area contributed by atoms with Crippen LogP contribution in [0.5, 0.6) is 0 Å². The second-order valence-corrected chi connectivity index (χ2v) is 4.80. The third-order valence-electron chi connectivity index (χ3n) is 2.51. The van der Waals surface area contributed by atoms with Crippen LogP contribution in [0.4, 0.5) is 0 Å². The number of pyridine rings is 1. The van der Waals surface area contributed by atoms with Gasteiger partial charge in [0.05, 0.1) is 29.9 Å². The molecule has 0 fully saturated rings. The number of amides is 2. The van der Waals surface area contributed by atoms with E-state index < -0.39 is 5.91 Å². The molecule has 2 heterocycles. The number of hydrogen-bond donors (Lipinski definition) is 2. The molecule has 0 saturated carbocycles. The Morgan fingerprint density at radius 1 is 1.29 bits per heavy atom. The van der Waals surface area contributed by atoms with E-state index in [0.717, 1.165) is 0 Å². The van der Waals surface area contributed by atoms with Crippen LogP contribution in [0.3, 0.4) is 0 Å². The maximum absolute atomic E-state index is 11.8. The van der Waals surface area contributed by atoms with E-state index in [2.05, 4.69) is 15.6 Å². The minimum atomic E-state index is -0.464. The number of nitrogens with zero attached hydrogens (tertiary/aromatic N) is 1. The molecule has 6 nitrogen and oxygen atoms in total. The Morgan fingerprint density at radius 2 is 2.10 bits per heavy atom. The van der Waals surface area contributed by atoms with Gasteiger partial charge < -0.3 is 15.1 Å². The van der Waals surface area contributed by atoms with E-state index >= 15 is 0 Å². The first-order valence-electron chi connectivity index (χ1n) is 5.94. The van der Waals surface area contributed by atoms with E-state index in [1.54, 1.807) is 12.1 Å². The van der Waals surface area contributed by atoms with Gasteiger partial charge in [0.2, 0.25) is 5.91 Å². The van der Waals surface area contributed by atoms with Crippen molar-refractivity contribution in [3.8, 4) is 0 Å². The van der Waals surface area contributed by atoms with E-state index in [-0.39, 0.29) is 34.7 Å². The zero-order valence-electron chi connectivity index (χ0n) is 10.7. The lowest BCUT2D eigenvalue weighted by atomic mass is 10.2. The van der Waals surface area contributed by atoms with E-state index in [9.17, 15) is 9.59 Å². The number of hydrogen-bond acceptors (Lipinski definition) is 4. The first-order chi connectivity index (χ1) is 10.1. The minimum Gasteiger partial charge on any atom is -0.467 e. The van der Waals surface area contributed by atoms with E-state index in [1.165, 1.54) is 18.5 Å². The third-order valence-corrected chi connectivity index (χ3v) is 3.19. The maximum Gasteiger partial charge on any atom is 0.253 e. The largest absolute Gasteiger partial charge is 0.467 e. The van der Waals surface area contributed by atoms with Crippen molar-refractivity contribution in [2.24, 2.45) is 0 Å². The van der Waals surface area contributed by atoms with E-state index in [4.69, 9.17) is 27.6 Å². The van der Waals surface area contributed by atoms with Crippen LogP contribution < -0.4 is 10.6 Å². The SMILES string of the molecule is O=C(CNC(=O)c1cnc(Cl)c(Cl)c1)NCc1ccco1. The quantitative estimate of drug-likeness (QED) is 0.823. The highest BCUT2D eigenvalue weighted by molar-refractivity contribution is 6.41. The Labute approximate surface area is 130 Å². The van der Waals surface area contributed by atoms with Crippen molar-refractivity contribution in [2.45, 2.75) is 6.54 Å². The summed E-state index contributed by atoms with van der Waals surface area (Å²) in [6.45, 7) is 0.0931. The molecule has 0 saturated heterocycles. The van der Waals surface area contributed by atoms with Crippen LogP contribution >= 0.6 is 23.2 Å². The molecule has 0 radical (unpaired) electrons. The Balaban J connectivity index is 1.80. The van der Waals surface area contributed by atoms with Gasteiger partial charge >= 0.3 is 0 Å². The standard InChI is InChI=1S/C13H11Cl2N3O3/c14-10-4-8(5-17-12(10)15)13(20)18-7-11(19)16-6-9-2-1-3-21-9/h1-5H,6-7H2,(H,16,19)(H,18,20). The summed E-state index contributed by atoms with van der Waals surface area (Å²) in [6.07, 6.45) is 2.80. The number of carbonyl (C=O) groups is 2. The summed E-state index contributed by atoms with van der Waals surface area (Å²) in [7, 11) is 0. The molecular formula is C13H11Cl2N3O3. The number of aromatic nitrogens is 1. The molecule has 21 heavy (non-hydrogen) atoms. The van der Waals surface area contributed by atoms with Crippen LogP contribution in [0.25, 0.3) is 0 Å². The summed E-state index contributed by atoms with van der Waals surface area (Å²) in [4.78, 5) is 27.1. The summed E-state index contributed by atoms with van der Waals surface area (Å²) < 4.78 is 5.07. The van der Waals surface area contributed by atoms with Gasteiger partial charge in [-0.15, -0.1) is 0 Å². The molecule has 2 rings (SSSR count).